The molecule has 1 atom stereocenters. The van der Waals surface area contributed by atoms with Gasteiger partial charge in [0, 0.05) is 10.7 Å². The number of amides is 1. The van der Waals surface area contributed by atoms with Crippen LogP contribution in [0.1, 0.15) is 16.8 Å². The van der Waals surface area contributed by atoms with Crippen LogP contribution in [0.5, 0.6) is 0 Å². The Balaban J connectivity index is 3.00. The first kappa shape index (κ1) is 17.9. The minimum Gasteiger partial charge on any atom is -0.481 e. The number of halogens is 3. The van der Waals surface area contributed by atoms with Gasteiger partial charge in [-0.15, -0.1) is 0 Å². The number of nitrogens with one attached hydrogen (secondary N) is 1. The third kappa shape index (κ3) is 4.98. The van der Waals surface area contributed by atoms with Crippen molar-refractivity contribution in [3.8, 4) is 0 Å². The van der Waals surface area contributed by atoms with Crippen LogP contribution >= 0.6 is 67.8 Å². The Bertz CT molecular complexity index is 575. The van der Waals surface area contributed by atoms with Gasteiger partial charge in [0.05, 0.1) is 12.0 Å². The summed E-state index contributed by atoms with van der Waals surface area (Å²) in [5, 5.41) is 19.8. The minimum absolute atomic E-state index is 0.332. The summed E-state index contributed by atoms with van der Waals surface area (Å²) in [5.41, 5.74) is 0.332. The molecule has 9 heteroatoms. The van der Waals surface area contributed by atoms with Gasteiger partial charge in [-0.1, -0.05) is 0 Å². The quantitative estimate of drug-likeness (QED) is 0.349. The molecule has 0 bridgehead atoms. The highest BCUT2D eigenvalue weighted by Gasteiger charge is 2.25. The number of carbonyl (C=O) groups excluding carboxylic acids is 1. The summed E-state index contributed by atoms with van der Waals surface area (Å²) in [6.45, 7) is 0. The van der Waals surface area contributed by atoms with E-state index >= 15 is 0 Å². The lowest BCUT2D eigenvalue weighted by Gasteiger charge is -2.14. The van der Waals surface area contributed by atoms with E-state index in [1.807, 2.05) is 51.2 Å². The Morgan fingerprint density at radius 3 is 2.25 bits per heavy atom. The monoisotopic (exact) mass is 615 g/mol. The third-order valence-electron chi connectivity index (χ3n) is 2.22. The molecule has 3 N–H and O–H groups in total. The van der Waals surface area contributed by atoms with E-state index in [-0.39, 0.29) is 0 Å². The summed E-state index contributed by atoms with van der Waals surface area (Å²) in [4.78, 5) is 33.6. The molecule has 1 rings (SSSR count). The lowest BCUT2D eigenvalue weighted by Crippen LogP contribution is -2.42. The average molecular weight is 615 g/mol. The van der Waals surface area contributed by atoms with Crippen LogP contribution in [0, 0.1) is 10.7 Å². The molecule has 0 aromatic heterocycles. The van der Waals surface area contributed by atoms with Crippen molar-refractivity contribution in [3.63, 3.8) is 0 Å². The number of rotatable bonds is 5. The lowest BCUT2D eigenvalue weighted by atomic mass is 10.1. The predicted molar refractivity (Wildman–Crippen MR) is 95.7 cm³/mol. The fourth-order valence-corrected chi connectivity index (χ4v) is 3.73. The summed E-state index contributed by atoms with van der Waals surface area (Å²) in [7, 11) is 0. The van der Waals surface area contributed by atoms with Crippen LogP contribution in [-0.2, 0) is 9.59 Å². The molecule has 1 amide bonds. The van der Waals surface area contributed by atoms with Gasteiger partial charge in [-0.3, -0.25) is 9.59 Å². The molecule has 0 fully saturated rings. The molecule has 1 aromatic carbocycles. The van der Waals surface area contributed by atoms with Gasteiger partial charge in [-0.25, -0.2) is 4.79 Å². The van der Waals surface area contributed by atoms with E-state index in [2.05, 4.69) is 27.9 Å². The first-order chi connectivity index (χ1) is 9.22. The first-order valence-corrected chi connectivity index (χ1v) is 8.36. The van der Waals surface area contributed by atoms with Crippen molar-refractivity contribution >= 4 is 85.6 Å². The van der Waals surface area contributed by atoms with E-state index in [1.165, 1.54) is 0 Å². The number of hydrogen-bond donors (Lipinski definition) is 3. The van der Waals surface area contributed by atoms with E-state index < -0.39 is 30.3 Å². The van der Waals surface area contributed by atoms with Crippen molar-refractivity contribution in [1.29, 1.82) is 0 Å². The maximum Gasteiger partial charge on any atom is 0.326 e. The zero-order valence-corrected chi connectivity index (χ0v) is 16.2. The number of hydrogen-bond acceptors (Lipinski definition) is 3. The van der Waals surface area contributed by atoms with Crippen LogP contribution in [0.2, 0.25) is 0 Å². The number of carboxylic acids is 2. The number of carbonyl (C=O) groups is 3. The van der Waals surface area contributed by atoms with Gasteiger partial charge in [-0.2, -0.15) is 0 Å². The predicted octanol–water partition coefficient (Wildman–Crippen LogP) is 2.16. The highest BCUT2D eigenvalue weighted by molar-refractivity contribution is 14.1. The Morgan fingerprint density at radius 1 is 1.15 bits per heavy atom. The van der Waals surface area contributed by atoms with Crippen molar-refractivity contribution in [2.75, 3.05) is 0 Å². The van der Waals surface area contributed by atoms with Crippen molar-refractivity contribution in [2.45, 2.75) is 12.5 Å². The van der Waals surface area contributed by atoms with E-state index in [0.29, 0.717) is 9.13 Å². The molecule has 0 unspecified atom stereocenters. The van der Waals surface area contributed by atoms with Crippen LogP contribution in [0.25, 0.3) is 0 Å². The molecule has 0 heterocycles. The lowest BCUT2D eigenvalue weighted by molar-refractivity contribution is -0.145. The second-order valence-electron chi connectivity index (χ2n) is 3.71. The van der Waals surface area contributed by atoms with Gasteiger partial charge in [0.25, 0.3) is 5.91 Å². The van der Waals surface area contributed by atoms with Crippen molar-refractivity contribution in [3.05, 3.63) is 28.4 Å². The van der Waals surface area contributed by atoms with E-state index in [0.717, 1.165) is 7.14 Å². The van der Waals surface area contributed by atoms with Gasteiger partial charge in [0.1, 0.15) is 6.04 Å². The van der Waals surface area contributed by atoms with Crippen molar-refractivity contribution in [2.24, 2.45) is 0 Å². The fraction of sp³-hybridized carbons (Fsp3) is 0.182. The molecule has 0 aliphatic rings. The molecule has 0 aliphatic carbocycles. The van der Waals surface area contributed by atoms with Gasteiger partial charge < -0.3 is 15.5 Å². The molecular formula is C11H8I3NO5. The first-order valence-electron chi connectivity index (χ1n) is 5.12. The fourth-order valence-electron chi connectivity index (χ4n) is 1.33. The summed E-state index contributed by atoms with van der Waals surface area (Å²) in [5.74, 6) is -3.26. The zero-order chi connectivity index (χ0) is 15.4. The highest BCUT2D eigenvalue weighted by atomic mass is 127. The highest BCUT2D eigenvalue weighted by Crippen LogP contribution is 2.23. The molecule has 0 radical (unpaired) electrons. The van der Waals surface area contributed by atoms with Gasteiger partial charge in [-0.05, 0) is 79.9 Å². The van der Waals surface area contributed by atoms with Gasteiger partial charge >= 0.3 is 11.9 Å². The number of carboxylic acid groups (broad SMARTS) is 2. The molecule has 0 saturated heterocycles. The third-order valence-corrected chi connectivity index (χ3v) is 5.89. The molecule has 1 aromatic rings. The summed E-state index contributed by atoms with van der Waals surface area (Å²) < 4.78 is 2.40. The smallest absolute Gasteiger partial charge is 0.326 e. The zero-order valence-electron chi connectivity index (χ0n) is 9.69. The summed E-state index contributed by atoms with van der Waals surface area (Å²) in [6.07, 6.45) is -0.668. The van der Waals surface area contributed by atoms with Crippen molar-refractivity contribution < 1.29 is 24.6 Å². The van der Waals surface area contributed by atoms with Crippen LogP contribution in [0.15, 0.2) is 12.1 Å². The standard InChI is InChI=1S/C11H8I3NO5/c12-4-1-5(9(14)6(13)2-4)10(18)15-7(11(19)20)3-8(16)17/h1-2,7H,3H2,(H,15,18)(H,16,17)(H,19,20)/t7-/m1/s1. The Labute approximate surface area is 155 Å². The van der Waals surface area contributed by atoms with Gasteiger partial charge in [0.2, 0.25) is 0 Å². The molecule has 6 nitrogen and oxygen atoms in total. The second-order valence-corrected chi connectivity index (χ2v) is 7.20. The molecule has 0 spiro atoms. The average Bonchev–Trinajstić information content (AvgIpc) is 2.32. The molecule has 0 aliphatic heterocycles. The van der Waals surface area contributed by atoms with Crippen LogP contribution in [-0.4, -0.2) is 34.1 Å². The number of benzene rings is 1. The van der Waals surface area contributed by atoms with E-state index in [9.17, 15) is 14.4 Å². The van der Waals surface area contributed by atoms with Crippen LogP contribution < -0.4 is 5.32 Å². The second kappa shape index (κ2) is 7.72. The Hall–Kier alpha value is -0.180. The topological polar surface area (TPSA) is 104 Å². The SMILES string of the molecule is O=C(O)C[C@@H](NC(=O)c1cc(I)cc(I)c1I)C(=O)O. The normalized spacial score (nSPS) is 11.8. The molecule has 108 valence electrons. The minimum atomic E-state index is -1.45. The summed E-state index contributed by atoms with van der Waals surface area (Å²) >= 11 is 6.11. The van der Waals surface area contributed by atoms with E-state index in [1.54, 1.807) is 6.07 Å². The van der Waals surface area contributed by atoms with Crippen LogP contribution in [0.4, 0.5) is 0 Å². The maximum absolute atomic E-state index is 12.1. The molecule has 0 saturated carbocycles. The maximum atomic E-state index is 12.1. The summed E-state index contributed by atoms with van der Waals surface area (Å²) in [6, 6.07) is 2.05. The Kier molecular flexibility index (Phi) is 6.90. The van der Waals surface area contributed by atoms with Gasteiger partial charge in [0.15, 0.2) is 0 Å². The molecule has 20 heavy (non-hydrogen) atoms. The van der Waals surface area contributed by atoms with E-state index in [4.69, 9.17) is 10.2 Å². The van der Waals surface area contributed by atoms with Crippen molar-refractivity contribution in [1.82, 2.24) is 5.32 Å². The Morgan fingerprint density at radius 2 is 1.75 bits per heavy atom. The number of aliphatic carboxylic acids is 2. The van der Waals surface area contributed by atoms with Crippen LogP contribution in [0.3, 0.4) is 0 Å². The molecular weight excluding hydrogens is 607 g/mol. The largest absolute Gasteiger partial charge is 0.481 e.